The summed E-state index contributed by atoms with van der Waals surface area (Å²) in [5.41, 5.74) is 0.440. The summed E-state index contributed by atoms with van der Waals surface area (Å²) in [6.45, 7) is 1.14. The number of alkyl halides is 3. The van der Waals surface area contributed by atoms with Crippen LogP contribution in [-0.4, -0.2) is 67.4 Å². The van der Waals surface area contributed by atoms with Gasteiger partial charge in [0, 0.05) is 38.0 Å². The molecule has 1 fully saturated rings. The van der Waals surface area contributed by atoms with Gasteiger partial charge in [-0.15, -0.1) is 0 Å². The Kier molecular flexibility index (Phi) is 9.53. The van der Waals surface area contributed by atoms with Gasteiger partial charge in [0.2, 0.25) is 10.0 Å². The number of carbonyl (C=O) groups is 2. The lowest BCUT2D eigenvalue weighted by atomic mass is 10.1. The van der Waals surface area contributed by atoms with Gasteiger partial charge in [-0.1, -0.05) is 6.07 Å². The van der Waals surface area contributed by atoms with Crippen LogP contribution in [-0.2, 0) is 48.3 Å². The Hall–Kier alpha value is -4.57. The van der Waals surface area contributed by atoms with Crippen molar-refractivity contribution in [2.45, 2.75) is 37.1 Å². The highest BCUT2D eigenvalue weighted by Crippen LogP contribution is 2.31. The molecule has 234 valence electrons. The Bertz CT molecular complexity index is 1650. The lowest BCUT2D eigenvalue weighted by Gasteiger charge is -2.39. The first kappa shape index (κ1) is 32.3. The molecule has 0 N–H and O–H groups in total. The normalized spacial score (nSPS) is 15.9. The first-order valence-corrected chi connectivity index (χ1v) is 14.5. The molecule has 0 saturated carbocycles. The molecule has 1 aromatic heterocycles. The average Bonchev–Trinajstić information content (AvgIpc) is 3.00. The maximum absolute atomic E-state index is 13.7. The number of rotatable bonds is 9. The van der Waals surface area contributed by atoms with E-state index in [9.17, 15) is 41.3 Å². The minimum atomic E-state index is -4.58. The van der Waals surface area contributed by atoms with Gasteiger partial charge in [-0.25, -0.2) is 13.4 Å². The summed E-state index contributed by atoms with van der Waals surface area (Å²) in [4.78, 5) is 40.7. The maximum atomic E-state index is 13.7. The molecule has 0 radical (unpaired) electrons. The Morgan fingerprint density at radius 1 is 1.09 bits per heavy atom. The van der Waals surface area contributed by atoms with Gasteiger partial charge in [-0.2, -0.15) is 17.5 Å². The van der Waals surface area contributed by atoms with Gasteiger partial charge >= 0.3 is 18.1 Å². The smallest absolute Gasteiger partial charge is 0.417 e. The summed E-state index contributed by atoms with van der Waals surface area (Å²) in [5, 5.41) is 10.8. The van der Waals surface area contributed by atoms with E-state index in [4.69, 9.17) is 9.47 Å². The molecule has 2 heterocycles. The molecule has 0 aliphatic carbocycles. The standard InChI is InChI=1S/C28H27F3N4O8S/c1-18-3-9-23(13-20(18)14-26(36)43-17-19-4-7-22(8-5-19)35(38)39)44(40,41)34-12-11-33(16-24(34)27(37)42-2)25-10-6-21(15-32-25)28(29,30)31/h3-10,13,15,24H,11-12,14,16-17H2,1-2H3/t24-/m1/s1. The molecule has 4 rings (SSSR count). The van der Waals surface area contributed by atoms with Crippen molar-refractivity contribution in [3.63, 3.8) is 0 Å². The summed E-state index contributed by atoms with van der Waals surface area (Å²) in [6.07, 6.45) is -4.18. The van der Waals surface area contributed by atoms with Crippen LogP contribution in [0.1, 0.15) is 22.3 Å². The van der Waals surface area contributed by atoms with E-state index < -0.39 is 44.7 Å². The number of nitro groups is 1. The molecular formula is C28H27F3N4O8S. The molecule has 0 unspecified atom stereocenters. The molecule has 12 nitrogen and oxygen atoms in total. The third-order valence-electron chi connectivity index (χ3n) is 7.01. The van der Waals surface area contributed by atoms with E-state index in [0.717, 1.165) is 23.5 Å². The van der Waals surface area contributed by atoms with Crippen molar-refractivity contribution in [1.29, 1.82) is 0 Å². The topological polar surface area (TPSA) is 149 Å². The van der Waals surface area contributed by atoms with Gasteiger partial charge in [-0.05, 0) is 60.0 Å². The second-order valence-electron chi connectivity index (χ2n) is 9.85. The predicted octanol–water partition coefficient (Wildman–Crippen LogP) is 3.66. The second-order valence-corrected chi connectivity index (χ2v) is 11.7. The SMILES string of the molecule is COC(=O)[C@H]1CN(c2ccc(C(F)(F)F)cn2)CCN1S(=O)(=O)c1ccc(C)c(CC(=O)OCc2ccc([N+](=O)[O-])cc2)c1. The van der Waals surface area contributed by atoms with Gasteiger partial charge in [0.25, 0.3) is 5.69 Å². The zero-order valence-electron chi connectivity index (χ0n) is 23.5. The summed E-state index contributed by atoms with van der Waals surface area (Å²) in [7, 11) is -3.22. The van der Waals surface area contributed by atoms with Crippen LogP contribution in [0.3, 0.4) is 0 Å². The van der Waals surface area contributed by atoms with Gasteiger partial charge in [-0.3, -0.25) is 19.7 Å². The number of halogens is 3. The first-order valence-electron chi connectivity index (χ1n) is 13.1. The van der Waals surface area contributed by atoms with Gasteiger partial charge in [0.1, 0.15) is 18.5 Å². The third kappa shape index (κ3) is 7.31. The minimum absolute atomic E-state index is 0.0266. The van der Waals surface area contributed by atoms with E-state index in [-0.39, 0.29) is 49.1 Å². The van der Waals surface area contributed by atoms with Crippen LogP contribution in [0.4, 0.5) is 24.7 Å². The van der Waals surface area contributed by atoms with Crippen LogP contribution in [0, 0.1) is 17.0 Å². The average molecular weight is 637 g/mol. The monoisotopic (exact) mass is 636 g/mol. The number of hydrogen-bond acceptors (Lipinski definition) is 10. The molecule has 3 aromatic rings. The Labute approximate surface area is 250 Å². The number of aryl methyl sites for hydroxylation is 1. The summed E-state index contributed by atoms with van der Waals surface area (Å²) < 4.78 is 77.4. The van der Waals surface area contributed by atoms with Crippen molar-refractivity contribution >= 4 is 33.5 Å². The van der Waals surface area contributed by atoms with E-state index in [1.807, 2.05) is 0 Å². The molecule has 1 aliphatic heterocycles. The molecule has 2 aromatic carbocycles. The number of nitro benzene ring substituents is 1. The van der Waals surface area contributed by atoms with Crippen LogP contribution < -0.4 is 4.90 Å². The summed E-state index contributed by atoms with van der Waals surface area (Å²) in [6, 6.07) is 10.3. The van der Waals surface area contributed by atoms with Crippen molar-refractivity contribution < 1.29 is 45.6 Å². The Morgan fingerprint density at radius 3 is 2.39 bits per heavy atom. The molecule has 0 amide bonds. The fourth-order valence-corrected chi connectivity index (χ4v) is 6.16. The quantitative estimate of drug-likeness (QED) is 0.194. The van der Waals surface area contributed by atoms with E-state index in [1.165, 1.54) is 47.4 Å². The van der Waals surface area contributed by atoms with Gasteiger partial charge < -0.3 is 14.4 Å². The summed E-state index contributed by atoms with van der Waals surface area (Å²) in [5.74, 6) is -1.40. The van der Waals surface area contributed by atoms with E-state index in [2.05, 4.69) is 4.98 Å². The van der Waals surface area contributed by atoms with Gasteiger partial charge in [0.15, 0.2) is 0 Å². The van der Waals surface area contributed by atoms with E-state index >= 15 is 0 Å². The highest BCUT2D eigenvalue weighted by molar-refractivity contribution is 7.89. The van der Waals surface area contributed by atoms with Crippen molar-refractivity contribution in [2.75, 3.05) is 31.6 Å². The molecule has 0 bridgehead atoms. The molecule has 0 spiro atoms. The number of sulfonamides is 1. The molecule has 1 saturated heterocycles. The highest BCUT2D eigenvalue weighted by atomic mass is 32.2. The van der Waals surface area contributed by atoms with Crippen LogP contribution in [0.5, 0.6) is 0 Å². The van der Waals surface area contributed by atoms with Crippen LogP contribution in [0.2, 0.25) is 0 Å². The number of carbonyl (C=O) groups excluding carboxylic acids is 2. The number of piperazine rings is 1. The first-order chi connectivity index (χ1) is 20.7. The van der Waals surface area contributed by atoms with Gasteiger partial charge in [0.05, 0.1) is 28.9 Å². The number of methoxy groups -OCH3 is 1. The highest BCUT2D eigenvalue weighted by Gasteiger charge is 2.41. The fraction of sp³-hybridized carbons (Fsp3) is 0.321. The second kappa shape index (κ2) is 13.0. The number of benzene rings is 2. The van der Waals surface area contributed by atoms with E-state index in [1.54, 1.807) is 6.92 Å². The van der Waals surface area contributed by atoms with Crippen LogP contribution >= 0.6 is 0 Å². The molecule has 16 heteroatoms. The van der Waals surface area contributed by atoms with E-state index in [0.29, 0.717) is 22.9 Å². The number of aromatic nitrogens is 1. The Balaban J connectivity index is 1.49. The maximum Gasteiger partial charge on any atom is 0.417 e. The molecule has 1 atom stereocenters. The number of hydrogen-bond donors (Lipinski definition) is 0. The lowest BCUT2D eigenvalue weighted by molar-refractivity contribution is -0.384. The Morgan fingerprint density at radius 2 is 1.80 bits per heavy atom. The fourth-order valence-electron chi connectivity index (χ4n) is 4.55. The lowest BCUT2D eigenvalue weighted by Crippen LogP contribution is -2.58. The molecule has 1 aliphatic rings. The van der Waals surface area contributed by atoms with Crippen molar-refractivity contribution in [3.8, 4) is 0 Å². The van der Waals surface area contributed by atoms with Crippen molar-refractivity contribution in [2.24, 2.45) is 0 Å². The number of pyridine rings is 1. The van der Waals surface area contributed by atoms with Crippen LogP contribution in [0.25, 0.3) is 0 Å². The number of non-ortho nitro benzene ring substituents is 1. The predicted molar refractivity (Wildman–Crippen MR) is 149 cm³/mol. The number of ether oxygens (including phenoxy) is 2. The number of esters is 2. The largest absolute Gasteiger partial charge is 0.468 e. The number of nitrogens with zero attached hydrogens (tertiary/aromatic N) is 4. The van der Waals surface area contributed by atoms with Crippen molar-refractivity contribution in [1.82, 2.24) is 9.29 Å². The minimum Gasteiger partial charge on any atom is -0.468 e. The summed E-state index contributed by atoms with van der Waals surface area (Å²) >= 11 is 0. The zero-order chi connectivity index (χ0) is 32.2. The third-order valence-corrected chi connectivity index (χ3v) is 8.92. The van der Waals surface area contributed by atoms with Crippen LogP contribution in [0.15, 0.2) is 65.7 Å². The zero-order valence-corrected chi connectivity index (χ0v) is 24.3. The molecule has 44 heavy (non-hydrogen) atoms. The molecular weight excluding hydrogens is 609 g/mol. The van der Waals surface area contributed by atoms with Crippen molar-refractivity contribution in [3.05, 3.63) is 93.2 Å². The number of anilines is 1.